The van der Waals surface area contributed by atoms with Gasteiger partial charge in [0.25, 0.3) is 0 Å². The molecule has 0 spiro atoms. The van der Waals surface area contributed by atoms with Gasteiger partial charge in [-0.1, -0.05) is 6.07 Å². The lowest BCUT2D eigenvalue weighted by Gasteiger charge is -2.14. The summed E-state index contributed by atoms with van der Waals surface area (Å²) in [6.45, 7) is 3.06. The van der Waals surface area contributed by atoms with Gasteiger partial charge in [0.1, 0.15) is 5.75 Å². The maximum absolute atomic E-state index is 12.1. The molecule has 1 aromatic carbocycles. The Labute approximate surface area is 115 Å². The van der Waals surface area contributed by atoms with Crippen LogP contribution in [0, 0.1) is 11.3 Å². The molecule has 4 nitrogen and oxygen atoms in total. The van der Waals surface area contributed by atoms with Gasteiger partial charge in [-0.2, -0.15) is 5.26 Å². The molecule has 0 aliphatic carbocycles. The maximum Gasteiger partial charge on any atom is 0.120 e. The highest BCUT2D eigenvalue weighted by atomic mass is 32.2. The van der Waals surface area contributed by atoms with Crippen LogP contribution in [0.15, 0.2) is 24.3 Å². The Morgan fingerprint density at radius 1 is 1.58 bits per heavy atom. The molecule has 0 amide bonds. The van der Waals surface area contributed by atoms with Gasteiger partial charge in [-0.05, 0) is 31.5 Å². The average Bonchev–Trinajstić information content (AvgIpc) is 2.85. The molecule has 102 valence electrons. The summed E-state index contributed by atoms with van der Waals surface area (Å²) in [7, 11) is -0.921. The third-order valence-corrected chi connectivity index (χ3v) is 5.02. The molecule has 3 unspecified atom stereocenters. The fraction of sp³-hybridized carbons (Fsp3) is 0.500. The zero-order chi connectivity index (χ0) is 13.7. The number of ether oxygens (including phenoxy) is 2. The standard InChI is InChI=1S/C14H17NO3S/c1-11-14(5-6-17-11)19(16)8-7-18-13-4-2-3-12(9-13)10-15/h2-4,9,11,14H,5-8H2,1H3. The molecule has 3 atom stereocenters. The molecule has 1 saturated heterocycles. The summed E-state index contributed by atoms with van der Waals surface area (Å²) in [4.78, 5) is 0. The Bertz CT molecular complexity index is 498. The summed E-state index contributed by atoms with van der Waals surface area (Å²) in [6.07, 6.45) is 0.931. The van der Waals surface area contributed by atoms with E-state index in [4.69, 9.17) is 14.7 Å². The van der Waals surface area contributed by atoms with E-state index in [0.29, 0.717) is 30.3 Å². The smallest absolute Gasteiger partial charge is 0.120 e. The number of hydrogen-bond acceptors (Lipinski definition) is 4. The van der Waals surface area contributed by atoms with Gasteiger partial charge < -0.3 is 9.47 Å². The number of rotatable bonds is 5. The Hall–Kier alpha value is -1.38. The minimum atomic E-state index is -0.921. The van der Waals surface area contributed by atoms with Crippen LogP contribution in [0.4, 0.5) is 0 Å². The Morgan fingerprint density at radius 2 is 2.42 bits per heavy atom. The summed E-state index contributed by atoms with van der Waals surface area (Å²) in [5.74, 6) is 1.14. The molecular weight excluding hydrogens is 262 g/mol. The van der Waals surface area contributed by atoms with E-state index in [0.717, 1.165) is 6.42 Å². The second-order valence-electron chi connectivity index (χ2n) is 4.48. The van der Waals surface area contributed by atoms with Crippen molar-refractivity contribution in [1.82, 2.24) is 0 Å². The molecule has 1 fully saturated rings. The van der Waals surface area contributed by atoms with Crippen LogP contribution in [0.3, 0.4) is 0 Å². The van der Waals surface area contributed by atoms with Crippen LogP contribution in [0.5, 0.6) is 5.75 Å². The molecule has 19 heavy (non-hydrogen) atoms. The number of nitriles is 1. The molecule has 5 heteroatoms. The molecule has 1 aliphatic heterocycles. The van der Waals surface area contributed by atoms with Gasteiger partial charge in [0.05, 0.1) is 35.3 Å². The Morgan fingerprint density at radius 3 is 3.11 bits per heavy atom. The van der Waals surface area contributed by atoms with E-state index >= 15 is 0 Å². The van der Waals surface area contributed by atoms with Crippen molar-refractivity contribution in [2.24, 2.45) is 0 Å². The van der Waals surface area contributed by atoms with Crippen LogP contribution in [0.25, 0.3) is 0 Å². The SMILES string of the molecule is CC1OCCC1S(=O)CCOc1cccc(C#N)c1. The van der Waals surface area contributed by atoms with E-state index in [-0.39, 0.29) is 11.4 Å². The van der Waals surface area contributed by atoms with Crippen molar-refractivity contribution in [2.75, 3.05) is 19.0 Å². The summed E-state index contributed by atoms with van der Waals surface area (Å²) in [5.41, 5.74) is 0.566. The lowest BCUT2D eigenvalue weighted by atomic mass is 10.2. The molecule has 0 aromatic heterocycles. The first-order chi connectivity index (χ1) is 9.20. The van der Waals surface area contributed by atoms with Crippen LogP contribution in [0.2, 0.25) is 0 Å². The lowest BCUT2D eigenvalue weighted by molar-refractivity contribution is 0.127. The fourth-order valence-corrected chi connectivity index (χ4v) is 3.52. The quantitative estimate of drug-likeness (QED) is 0.825. The van der Waals surface area contributed by atoms with Crippen LogP contribution < -0.4 is 4.74 Å². The first-order valence-corrected chi connectivity index (χ1v) is 7.70. The maximum atomic E-state index is 12.1. The van der Waals surface area contributed by atoms with Gasteiger partial charge >= 0.3 is 0 Å². The fourth-order valence-electron chi connectivity index (χ4n) is 2.11. The largest absolute Gasteiger partial charge is 0.493 e. The molecule has 0 saturated carbocycles. The Kier molecular flexibility index (Phi) is 4.94. The molecule has 1 aromatic rings. The van der Waals surface area contributed by atoms with E-state index in [2.05, 4.69) is 6.07 Å². The van der Waals surface area contributed by atoms with Crippen LogP contribution in [-0.4, -0.2) is 34.5 Å². The molecule has 0 N–H and O–H groups in total. The number of hydrogen-bond donors (Lipinski definition) is 0. The highest BCUT2D eigenvalue weighted by Gasteiger charge is 2.29. The monoisotopic (exact) mass is 279 g/mol. The van der Waals surface area contributed by atoms with Crippen molar-refractivity contribution < 1.29 is 13.7 Å². The average molecular weight is 279 g/mol. The van der Waals surface area contributed by atoms with Crippen LogP contribution in [0.1, 0.15) is 18.9 Å². The molecule has 0 bridgehead atoms. The minimum Gasteiger partial charge on any atom is -0.493 e. The van der Waals surface area contributed by atoms with Crippen LogP contribution in [-0.2, 0) is 15.5 Å². The molecular formula is C14H17NO3S. The topological polar surface area (TPSA) is 59.3 Å². The summed E-state index contributed by atoms with van der Waals surface area (Å²) in [5, 5.41) is 8.90. The third kappa shape index (κ3) is 3.79. The summed E-state index contributed by atoms with van der Waals surface area (Å²) in [6, 6.07) is 9.04. The molecule has 1 aliphatic rings. The van der Waals surface area contributed by atoms with Gasteiger partial charge in [0.15, 0.2) is 0 Å². The van der Waals surface area contributed by atoms with Gasteiger partial charge in [-0.15, -0.1) is 0 Å². The van der Waals surface area contributed by atoms with Gasteiger partial charge in [-0.25, -0.2) is 0 Å². The van der Waals surface area contributed by atoms with E-state index in [1.54, 1.807) is 24.3 Å². The first-order valence-electron chi connectivity index (χ1n) is 6.32. The van der Waals surface area contributed by atoms with Crippen molar-refractivity contribution in [1.29, 1.82) is 5.26 Å². The number of nitrogens with zero attached hydrogens (tertiary/aromatic N) is 1. The summed E-state index contributed by atoms with van der Waals surface area (Å²) < 4.78 is 23.0. The van der Waals surface area contributed by atoms with E-state index < -0.39 is 10.8 Å². The Balaban J connectivity index is 1.80. The highest BCUT2D eigenvalue weighted by molar-refractivity contribution is 7.85. The van der Waals surface area contributed by atoms with Crippen molar-refractivity contribution in [3.63, 3.8) is 0 Å². The van der Waals surface area contributed by atoms with Crippen LogP contribution >= 0.6 is 0 Å². The second kappa shape index (κ2) is 6.69. The van der Waals surface area contributed by atoms with E-state index in [1.165, 1.54) is 0 Å². The highest BCUT2D eigenvalue weighted by Crippen LogP contribution is 2.19. The molecule has 1 heterocycles. The van der Waals surface area contributed by atoms with Crippen molar-refractivity contribution in [3.8, 4) is 11.8 Å². The summed E-state index contributed by atoms with van der Waals surface area (Å²) >= 11 is 0. The first kappa shape index (κ1) is 14.0. The zero-order valence-electron chi connectivity index (χ0n) is 10.9. The van der Waals surface area contributed by atoms with Gasteiger partial charge in [-0.3, -0.25) is 4.21 Å². The van der Waals surface area contributed by atoms with E-state index in [9.17, 15) is 4.21 Å². The van der Waals surface area contributed by atoms with Crippen molar-refractivity contribution >= 4 is 10.8 Å². The van der Waals surface area contributed by atoms with Gasteiger partial charge in [0, 0.05) is 17.4 Å². The second-order valence-corrected chi connectivity index (χ2v) is 6.25. The lowest BCUT2D eigenvalue weighted by Crippen LogP contribution is -2.26. The number of benzene rings is 1. The molecule has 2 rings (SSSR count). The predicted molar refractivity (Wildman–Crippen MR) is 73.5 cm³/mol. The predicted octanol–water partition coefficient (Wildman–Crippen LogP) is 1.86. The zero-order valence-corrected chi connectivity index (χ0v) is 11.7. The van der Waals surface area contributed by atoms with Crippen molar-refractivity contribution in [3.05, 3.63) is 29.8 Å². The van der Waals surface area contributed by atoms with Gasteiger partial charge in [0.2, 0.25) is 0 Å². The third-order valence-electron chi connectivity index (χ3n) is 3.16. The normalized spacial score (nSPS) is 23.8. The minimum absolute atomic E-state index is 0.0720. The molecule has 0 radical (unpaired) electrons. The van der Waals surface area contributed by atoms with E-state index in [1.807, 2.05) is 6.92 Å². The van der Waals surface area contributed by atoms with Crippen molar-refractivity contribution in [2.45, 2.75) is 24.7 Å².